The van der Waals surface area contributed by atoms with Gasteiger partial charge >= 0.3 is 0 Å². The molecule has 1 atom stereocenters. The Morgan fingerprint density at radius 3 is 2.86 bits per heavy atom. The van der Waals surface area contributed by atoms with Crippen molar-refractivity contribution in [1.82, 2.24) is 15.0 Å². The molecule has 0 aliphatic carbocycles. The minimum Gasteiger partial charge on any atom is -0.450 e. The van der Waals surface area contributed by atoms with E-state index < -0.39 is 0 Å². The van der Waals surface area contributed by atoms with E-state index in [0.29, 0.717) is 11.4 Å². The molecule has 1 N–H and O–H groups in total. The van der Waals surface area contributed by atoms with Gasteiger partial charge < -0.3 is 9.73 Å². The maximum absolute atomic E-state index is 5.92. The van der Waals surface area contributed by atoms with Gasteiger partial charge in [0, 0.05) is 16.5 Å². The van der Waals surface area contributed by atoms with Gasteiger partial charge in [-0.05, 0) is 26.0 Å². The Bertz CT molecular complexity index is 959. The van der Waals surface area contributed by atoms with E-state index in [9.17, 15) is 0 Å². The fourth-order valence-corrected chi connectivity index (χ4v) is 3.24. The summed E-state index contributed by atoms with van der Waals surface area (Å²) < 4.78 is 5.92. The Kier molecular flexibility index (Phi) is 3.04. The first kappa shape index (κ1) is 13.2. The second kappa shape index (κ2) is 5.06. The highest BCUT2D eigenvalue weighted by molar-refractivity contribution is 7.11. The van der Waals surface area contributed by atoms with Gasteiger partial charge in [-0.15, -0.1) is 11.3 Å². The first-order chi connectivity index (χ1) is 10.7. The van der Waals surface area contributed by atoms with E-state index in [1.165, 1.54) is 4.88 Å². The second-order valence-electron chi connectivity index (χ2n) is 5.17. The van der Waals surface area contributed by atoms with E-state index in [4.69, 9.17) is 4.42 Å². The molecule has 110 valence electrons. The Balaban J connectivity index is 1.78. The number of furan rings is 1. The van der Waals surface area contributed by atoms with E-state index in [1.54, 1.807) is 17.7 Å². The number of aromatic nitrogens is 3. The molecule has 0 aliphatic rings. The molecule has 3 heterocycles. The van der Waals surface area contributed by atoms with Gasteiger partial charge in [0.1, 0.15) is 22.4 Å². The number of benzene rings is 1. The van der Waals surface area contributed by atoms with Gasteiger partial charge in [-0.3, -0.25) is 0 Å². The Morgan fingerprint density at radius 2 is 2.05 bits per heavy atom. The van der Waals surface area contributed by atoms with E-state index in [2.05, 4.69) is 34.1 Å². The molecule has 4 rings (SSSR count). The molecule has 0 aliphatic heterocycles. The Morgan fingerprint density at radius 1 is 1.18 bits per heavy atom. The quantitative estimate of drug-likeness (QED) is 0.610. The van der Waals surface area contributed by atoms with Crippen molar-refractivity contribution in [2.75, 3.05) is 5.32 Å². The van der Waals surface area contributed by atoms with Crippen molar-refractivity contribution in [3.05, 3.63) is 46.7 Å². The Hall–Kier alpha value is -2.47. The van der Waals surface area contributed by atoms with Crippen LogP contribution in [0.1, 0.15) is 22.9 Å². The van der Waals surface area contributed by atoms with E-state index in [-0.39, 0.29) is 6.04 Å². The predicted molar refractivity (Wildman–Crippen MR) is 88.2 cm³/mol. The van der Waals surface area contributed by atoms with Crippen LogP contribution in [0.3, 0.4) is 0 Å². The van der Waals surface area contributed by atoms with Gasteiger partial charge in [-0.2, -0.15) is 0 Å². The molecule has 0 fully saturated rings. The smallest absolute Gasteiger partial charge is 0.196 e. The molecule has 3 aromatic heterocycles. The van der Waals surface area contributed by atoms with Crippen molar-refractivity contribution >= 4 is 39.2 Å². The van der Waals surface area contributed by atoms with E-state index >= 15 is 0 Å². The molecular formula is C16H14N4OS. The van der Waals surface area contributed by atoms with Crippen LogP contribution in [-0.4, -0.2) is 15.0 Å². The maximum Gasteiger partial charge on any atom is 0.196 e. The molecule has 1 aromatic carbocycles. The summed E-state index contributed by atoms with van der Waals surface area (Å²) in [7, 11) is 0. The zero-order valence-corrected chi connectivity index (χ0v) is 13.0. The number of fused-ring (bicyclic) bond motifs is 3. The summed E-state index contributed by atoms with van der Waals surface area (Å²) in [6, 6.07) is 7.93. The van der Waals surface area contributed by atoms with Crippen LogP contribution in [0.2, 0.25) is 0 Å². The number of aryl methyl sites for hydroxylation is 1. The summed E-state index contributed by atoms with van der Waals surface area (Å²) in [4.78, 5) is 14.3. The zero-order valence-electron chi connectivity index (χ0n) is 12.2. The van der Waals surface area contributed by atoms with Gasteiger partial charge in [-0.1, -0.05) is 12.1 Å². The number of para-hydroxylation sites is 1. The van der Waals surface area contributed by atoms with Gasteiger partial charge in [0.05, 0.1) is 6.04 Å². The van der Waals surface area contributed by atoms with Crippen molar-refractivity contribution in [2.24, 2.45) is 0 Å². The van der Waals surface area contributed by atoms with Crippen molar-refractivity contribution in [1.29, 1.82) is 0 Å². The SMILES string of the molecule is Cc1cnc(C(C)Nc2ncnc3c2oc2ccccc23)s1. The van der Waals surface area contributed by atoms with Crippen LogP contribution in [0.25, 0.3) is 22.1 Å². The summed E-state index contributed by atoms with van der Waals surface area (Å²) in [6.45, 7) is 4.12. The molecule has 0 spiro atoms. The molecule has 0 radical (unpaired) electrons. The number of rotatable bonds is 3. The molecule has 0 saturated carbocycles. The van der Waals surface area contributed by atoms with Crippen LogP contribution in [-0.2, 0) is 0 Å². The fourth-order valence-electron chi connectivity index (χ4n) is 2.47. The van der Waals surface area contributed by atoms with Crippen LogP contribution in [0.4, 0.5) is 5.82 Å². The maximum atomic E-state index is 5.92. The zero-order chi connectivity index (χ0) is 15.1. The third-order valence-corrected chi connectivity index (χ3v) is 4.62. The van der Waals surface area contributed by atoms with E-state index in [0.717, 1.165) is 21.5 Å². The third kappa shape index (κ3) is 2.12. The number of anilines is 1. The van der Waals surface area contributed by atoms with Crippen molar-refractivity contribution in [2.45, 2.75) is 19.9 Å². The van der Waals surface area contributed by atoms with Gasteiger partial charge in [0.2, 0.25) is 0 Å². The standard InChI is InChI=1S/C16H14N4OS/c1-9-7-17-16(22-9)10(2)20-15-14-13(18-8-19-15)11-5-3-4-6-12(11)21-14/h3-8,10H,1-2H3,(H,18,19,20). The molecule has 6 heteroatoms. The summed E-state index contributed by atoms with van der Waals surface area (Å²) in [5.41, 5.74) is 2.33. The van der Waals surface area contributed by atoms with E-state index in [1.807, 2.05) is 30.5 Å². The van der Waals surface area contributed by atoms with Crippen LogP contribution >= 0.6 is 11.3 Å². The lowest BCUT2D eigenvalue weighted by Crippen LogP contribution is -2.07. The largest absolute Gasteiger partial charge is 0.450 e. The lowest BCUT2D eigenvalue weighted by molar-refractivity contribution is 0.665. The summed E-state index contributed by atoms with van der Waals surface area (Å²) in [6.07, 6.45) is 3.45. The third-order valence-electron chi connectivity index (χ3n) is 3.52. The number of nitrogens with one attached hydrogen (secondary N) is 1. The number of hydrogen-bond acceptors (Lipinski definition) is 6. The highest BCUT2D eigenvalue weighted by atomic mass is 32.1. The molecule has 0 saturated heterocycles. The van der Waals surface area contributed by atoms with Crippen molar-refractivity contribution in [3.8, 4) is 0 Å². The number of thiazole rings is 1. The molecular weight excluding hydrogens is 296 g/mol. The first-order valence-electron chi connectivity index (χ1n) is 7.03. The highest BCUT2D eigenvalue weighted by Crippen LogP contribution is 2.32. The average Bonchev–Trinajstić information content (AvgIpc) is 3.12. The molecule has 0 amide bonds. The van der Waals surface area contributed by atoms with Gasteiger partial charge in [-0.25, -0.2) is 15.0 Å². The van der Waals surface area contributed by atoms with Crippen LogP contribution in [0.15, 0.2) is 41.2 Å². The second-order valence-corrected chi connectivity index (χ2v) is 6.44. The summed E-state index contributed by atoms with van der Waals surface area (Å²) in [5.74, 6) is 0.696. The topological polar surface area (TPSA) is 63.8 Å². The van der Waals surface area contributed by atoms with Gasteiger partial charge in [0.15, 0.2) is 11.4 Å². The average molecular weight is 310 g/mol. The number of nitrogens with zero attached hydrogens (tertiary/aromatic N) is 3. The summed E-state index contributed by atoms with van der Waals surface area (Å²) in [5, 5.41) is 5.41. The molecule has 22 heavy (non-hydrogen) atoms. The first-order valence-corrected chi connectivity index (χ1v) is 7.85. The minimum atomic E-state index is 0.0602. The minimum absolute atomic E-state index is 0.0602. The monoisotopic (exact) mass is 310 g/mol. The summed E-state index contributed by atoms with van der Waals surface area (Å²) >= 11 is 1.68. The molecule has 5 nitrogen and oxygen atoms in total. The normalized spacial score (nSPS) is 12.8. The fraction of sp³-hybridized carbons (Fsp3) is 0.188. The molecule has 1 unspecified atom stereocenters. The molecule has 0 bridgehead atoms. The van der Waals surface area contributed by atoms with Crippen molar-refractivity contribution < 1.29 is 4.42 Å². The van der Waals surface area contributed by atoms with Crippen LogP contribution in [0, 0.1) is 6.92 Å². The predicted octanol–water partition coefficient (Wildman–Crippen LogP) is 4.31. The van der Waals surface area contributed by atoms with Crippen molar-refractivity contribution in [3.63, 3.8) is 0 Å². The van der Waals surface area contributed by atoms with Crippen LogP contribution < -0.4 is 5.32 Å². The van der Waals surface area contributed by atoms with Crippen LogP contribution in [0.5, 0.6) is 0 Å². The Labute approximate surface area is 131 Å². The lowest BCUT2D eigenvalue weighted by atomic mass is 10.2. The number of hydrogen-bond donors (Lipinski definition) is 1. The molecule has 4 aromatic rings. The lowest BCUT2D eigenvalue weighted by Gasteiger charge is -2.11. The highest BCUT2D eigenvalue weighted by Gasteiger charge is 2.16. The van der Waals surface area contributed by atoms with Gasteiger partial charge in [0.25, 0.3) is 0 Å².